The van der Waals surface area contributed by atoms with Gasteiger partial charge in [0.1, 0.15) is 0 Å². The van der Waals surface area contributed by atoms with Gasteiger partial charge in [-0.25, -0.2) is 4.99 Å². The van der Waals surface area contributed by atoms with Crippen molar-refractivity contribution in [3.63, 3.8) is 0 Å². The summed E-state index contributed by atoms with van der Waals surface area (Å²) in [7, 11) is 0. The van der Waals surface area contributed by atoms with Crippen LogP contribution in [-0.4, -0.2) is 9.49 Å². The van der Waals surface area contributed by atoms with E-state index in [4.69, 9.17) is 4.99 Å². The molecule has 6 rings (SSSR count). The highest BCUT2D eigenvalue weighted by molar-refractivity contribution is 9.10. The third-order valence-corrected chi connectivity index (χ3v) is 8.60. The molecule has 0 amide bonds. The summed E-state index contributed by atoms with van der Waals surface area (Å²) in [4.78, 5) is 30.6. The Balaban J connectivity index is 1.62. The first-order valence-electron chi connectivity index (χ1n) is 11.5. The Bertz CT molecular complexity index is 1780. The number of aromatic nitrogens is 1. The zero-order valence-electron chi connectivity index (χ0n) is 19.3. The molecule has 2 heterocycles. The van der Waals surface area contributed by atoms with Crippen LogP contribution in [0.5, 0.6) is 0 Å². The van der Waals surface area contributed by atoms with Crippen LogP contribution in [0.2, 0.25) is 0 Å². The second-order valence-corrected chi connectivity index (χ2v) is 10.8. The summed E-state index contributed by atoms with van der Waals surface area (Å²) in [5, 5.41) is 11.6. The fourth-order valence-corrected chi connectivity index (χ4v) is 6.38. The topological polar surface area (TPSA) is 77.5 Å². The molecule has 1 aliphatic carbocycles. The number of non-ortho nitro benzene ring substituents is 1. The molecule has 0 N–H and O–H groups in total. The van der Waals surface area contributed by atoms with Gasteiger partial charge in [-0.3, -0.25) is 19.5 Å². The lowest BCUT2D eigenvalue weighted by Crippen LogP contribution is -2.38. The van der Waals surface area contributed by atoms with E-state index >= 15 is 0 Å². The van der Waals surface area contributed by atoms with Gasteiger partial charge in [0.25, 0.3) is 11.2 Å². The number of rotatable bonds is 3. The number of benzene rings is 3. The minimum absolute atomic E-state index is 0.00879. The first-order valence-corrected chi connectivity index (χ1v) is 13.2. The number of allylic oxidation sites excluding steroid dienone is 1. The second-order valence-electron chi connectivity index (χ2n) is 8.97. The van der Waals surface area contributed by atoms with E-state index in [9.17, 15) is 14.9 Å². The summed E-state index contributed by atoms with van der Waals surface area (Å²) in [6.45, 7) is 2.02. The summed E-state index contributed by atoms with van der Waals surface area (Å²) in [6, 6.07) is 20.3. The highest BCUT2D eigenvalue weighted by Crippen LogP contribution is 2.41. The van der Waals surface area contributed by atoms with Gasteiger partial charge in [0, 0.05) is 22.2 Å². The smallest absolute Gasteiger partial charge is 0.271 e. The van der Waals surface area contributed by atoms with E-state index in [-0.39, 0.29) is 11.2 Å². The number of thiazole rings is 1. The molecule has 0 saturated heterocycles. The van der Waals surface area contributed by atoms with Crippen LogP contribution in [0, 0.1) is 17.0 Å². The lowest BCUT2D eigenvalue weighted by molar-refractivity contribution is -0.384. The van der Waals surface area contributed by atoms with Gasteiger partial charge in [-0.05, 0) is 59.7 Å². The SMILES string of the molecule is Cc1ccc(/C=c2/sc3n(c2=O)[C@H](c2cccc([N+](=O)[O-])c2)C2=C(N=3)c3ccccc3CC2)cc1Br. The predicted octanol–water partition coefficient (Wildman–Crippen LogP) is 5.30. The standard InChI is InChI=1S/C28H20BrN3O3S/c1-16-9-10-17(13-23(16)29)14-24-27(33)31-26(19-6-4-7-20(15-19)32(34)35)22-12-11-18-5-2-3-8-21(18)25(22)30-28(31)36-24/h2-10,13-15,26H,11-12H2,1H3/b24-14+/t26-/m1/s1. The highest BCUT2D eigenvalue weighted by Gasteiger charge is 2.33. The van der Waals surface area contributed by atoms with Crippen molar-refractivity contribution in [1.82, 2.24) is 4.57 Å². The zero-order valence-corrected chi connectivity index (χ0v) is 21.7. The van der Waals surface area contributed by atoms with Crippen molar-refractivity contribution in [3.05, 3.63) is 134 Å². The summed E-state index contributed by atoms with van der Waals surface area (Å²) >= 11 is 4.92. The number of fused-ring (bicyclic) bond motifs is 3. The maximum atomic E-state index is 13.8. The van der Waals surface area contributed by atoms with Gasteiger partial charge >= 0.3 is 0 Å². The summed E-state index contributed by atoms with van der Waals surface area (Å²) in [6.07, 6.45) is 3.45. The fourth-order valence-electron chi connectivity index (χ4n) is 4.98. The summed E-state index contributed by atoms with van der Waals surface area (Å²) < 4.78 is 3.27. The van der Waals surface area contributed by atoms with Gasteiger partial charge in [-0.1, -0.05) is 75.8 Å². The van der Waals surface area contributed by atoms with Crippen LogP contribution in [0.3, 0.4) is 0 Å². The van der Waals surface area contributed by atoms with Crippen LogP contribution in [-0.2, 0) is 6.42 Å². The molecule has 3 aromatic carbocycles. The molecule has 6 nitrogen and oxygen atoms in total. The van der Waals surface area contributed by atoms with Crippen molar-refractivity contribution in [2.45, 2.75) is 25.8 Å². The average Bonchev–Trinajstić information content (AvgIpc) is 3.19. The third-order valence-electron chi connectivity index (χ3n) is 6.76. The van der Waals surface area contributed by atoms with Crippen LogP contribution >= 0.6 is 27.3 Å². The minimum Gasteiger partial charge on any atom is -0.272 e. The Kier molecular flexibility index (Phi) is 5.58. The first-order chi connectivity index (χ1) is 17.4. The largest absolute Gasteiger partial charge is 0.272 e. The Morgan fingerprint density at radius 3 is 2.75 bits per heavy atom. The average molecular weight is 558 g/mol. The Morgan fingerprint density at radius 1 is 1.11 bits per heavy atom. The molecular weight excluding hydrogens is 538 g/mol. The molecule has 1 aromatic heterocycles. The van der Waals surface area contributed by atoms with E-state index in [1.54, 1.807) is 16.7 Å². The molecule has 4 aromatic rings. The molecular formula is C28H20BrN3O3S. The van der Waals surface area contributed by atoms with Gasteiger partial charge in [0.15, 0.2) is 4.80 Å². The molecule has 1 aliphatic heterocycles. The molecule has 0 radical (unpaired) electrons. The lowest BCUT2D eigenvalue weighted by atomic mass is 9.83. The fraction of sp³-hybridized carbons (Fsp3) is 0.143. The van der Waals surface area contributed by atoms with Crippen LogP contribution < -0.4 is 14.9 Å². The van der Waals surface area contributed by atoms with Gasteiger partial charge in [0.05, 0.1) is 21.2 Å². The first kappa shape index (κ1) is 22.8. The van der Waals surface area contributed by atoms with Crippen LogP contribution in [0.1, 0.15) is 40.3 Å². The zero-order chi connectivity index (χ0) is 25.0. The van der Waals surface area contributed by atoms with Crippen LogP contribution in [0.25, 0.3) is 11.8 Å². The van der Waals surface area contributed by atoms with Crippen molar-refractivity contribution in [3.8, 4) is 0 Å². The van der Waals surface area contributed by atoms with Crippen molar-refractivity contribution in [2.24, 2.45) is 4.99 Å². The normalized spacial score (nSPS) is 16.7. The molecule has 0 bridgehead atoms. The highest BCUT2D eigenvalue weighted by atomic mass is 79.9. The number of nitrogens with zero attached hydrogens (tertiary/aromatic N) is 3. The van der Waals surface area contributed by atoms with Crippen LogP contribution in [0.4, 0.5) is 5.69 Å². The van der Waals surface area contributed by atoms with E-state index in [0.717, 1.165) is 50.8 Å². The Morgan fingerprint density at radius 2 is 1.94 bits per heavy atom. The number of aryl methyl sites for hydroxylation is 2. The van der Waals surface area contributed by atoms with Crippen molar-refractivity contribution in [1.29, 1.82) is 0 Å². The molecule has 36 heavy (non-hydrogen) atoms. The number of nitro benzene ring substituents is 1. The number of halogens is 1. The molecule has 0 fully saturated rings. The van der Waals surface area contributed by atoms with Gasteiger partial charge in [0.2, 0.25) is 0 Å². The molecule has 178 valence electrons. The Hall–Kier alpha value is -3.62. The number of nitro groups is 1. The van der Waals surface area contributed by atoms with E-state index in [0.29, 0.717) is 9.33 Å². The summed E-state index contributed by atoms with van der Waals surface area (Å²) in [5.74, 6) is 0. The maximum absolute atomic E-state index is 13.8. The molecule has 0 saturated carbocycles. The monoisotopic (exact) mass is 557 g/mol. The maximum Gasteiger partial charge on any atom is 0.271 e. The lowest BCUT2D eigenvalue weighted by Gasteiger charge is -2.30. The van der Waals surface area contributed by atoms with E-state index in [2.05, 4.69) is 28.1 Å². The molecule has 0 unspecified atom stereocenters. The predicted molar refractivity (Wildman–Crippen MR) is 145 cm³/mol. The van der Waals surface area contributed by atoms with Gasteiger partial charge in [-0.2, -0.15) is 0 Å². The van der Waals surface area contributed by atoms with Gasteiger partial charge in [-0.15, -0.1) is 0 Å². The molecule has 0 spiro atoms. The van der Waals surface area contributed by atoms with Crippen molar-refractivity contribution < 1.29 is 4.92 Å². The van der Waals surface area contributed by atoms with Crippen molar-refractivity contribution in [2.75, 3.05) is 0 Å². The Labute approximate surface area is 218 Å². The van der Waals surface area contributed by atoms with E-state index in [1.807, 2.05) is 49.4 Å². The molecule has 8 heteroatoms. The number of hydrogen-bond acceptors (Lipinski definition) is 5. The minimum atomic E-state index is -0.448. The van der Waals surface area contributed by atoms with E-state index < -0.39 is 11.0 Å². The summed E-state index contributed by atoms with van der Waals surface area (Å²) in [5.41, 5.74) is 6.80. The quantitative estimate of drug-likeness (QED) is 0.253. The molecule has 2 aliphatic rings. The third kappa shape index (κ3) is 3.77. The number of hydrogen-bond donors (Lipinski definition) is 0. The van der Waals surface area contributed by atoms with Crippen molar-refractivity contribution >= 4 is 44.7 Å². The molecule has 1 atom stereocenters. The second kappa shape index (κ2) is 8.80. The van der Waals surface area contributed by atoms with E-state index in [1.165, 1.54) is 23.0 Å². The van der Waals surface area contributed by atoms with Crippen LogP contribution in [0.15, 0.2) is 86.6 Å². The van der Waals surface area contributed by atoms with Gasteiger partial charge < -0.3 is 0 Å².